The van der Waals surface area contributed by atoms with Gasteiger partial charge in [-0.05, 0) is 38.0 Å². The fraction of sp³-hybridized carbons (Fsp3) is 0.368. The highest BCUT2D eigenvalue weighted by Gasteiger charge is 2.25. The number of H-pyrrole nitrogens is 1. The highest BCUT2D eigenvalue weighted by molar-refractivity contribution is 6.44. The number of piperidine rings is 1. The van der Waals surface area contributed by atoms with Crippen LogP contribution in [-0.4, -0.2) is 36.4 Å². The van der Waals surface area contributed by atoms with Crippen LogP contribution in [0.2, 0.25) is 10.0 Å². The van der Waals surface area contributed by atoms with E-state index in [0.29, 0.717) is 27.9 Å². The first-order valence-corrected chi connectivity index (χ1v) is 9.90. The maximum atomic E-state index is 12.8. The van der Waals surface area contributed by atoms with Crippen LogP contribution in [0, 0.1) is 12.8 Å². The lowest BCUT2D eigenvalue weighted by molar-refractivity contribution is -0.379. The van der Waals surface area contributed by atoms with Crippen LogP contribution < -0.4 is 21.7 Å². The smallest absolute Gasteiger partial charge is 0.273 e. The quantitative estimate of drug-likeness (QED) is 0.589. The van der Waals surface area contributed by atoms with E-state index in [-0.39, 0.29) is 10.7 Å². The number of aromatic nitrogens is 1. The van der Waals surface area contributed by atoms with Crippen molar-refractivity contribution in [3.8, 4) is 0 Å². The summed E-state index contributed by atoms with van der Waals surface area (Å²) in [6, 6.07) is 5.00. The number of nitrogens with two attached hydrogens (primary N) is 1. The molecule has 1 aromatic heterocycles. The van der Waals surface area contributed by atoms with E-state index in [4.69, 9.17) is 28.9 Å². The summed E-state index contributed by atoms with van der Waals surface area (Å²) in [7, 11) is 0. The molecular weight excluding hydrogens is 401 g/mol. The van der Waals surface area contributed by atoms with Crippen molar-refractivity contribution in [2.24, 2.45) is 11.7 Å². The molecule has 0 saturated carbocycles. The maximum Gasteiger partial charge on any atom is 0.273 e. The molecule has 7 N–H and O–H groups in total. The van der Waals surface area contributed by atoms with Crippen LogP contribution in [0.15, 0.2) is 18.2 Å². The first kappa shape index (κ1) is 20.5. The number of rotatable bonds is 5. The second kappa shape index (κ2) is 8.43. The molecule has 1 aromatic carbocycles. The van der Waals surface area contributed by atoms with Gasteiger partial charge in [-0.25, -0.2) is 0 Å². The van der Waals surface area contributed by atoms with Crippen LogP contribution in [-0.2, 0) is 0 Å². The number of carbonyl (C=O) groups is 2. The normalized spacial score (nSPS) is 16.9. The summed E-state index contributed by atoms with van der Waals surface area (Å²) in [5, 5.41) is 3.39. The Morgan fingerprint density at radius 2 is 2.11 bits per heavy atom. The lowest BCUT2D eigenvalue weighted by Gasteiger charge is -2.34. The molecule has 1 saturated heterocycles. The zero-order valence-corrected chi connectivity index (χ0v) is 17.2. The van der Waals surface area contributed by atoms with Gasteiger partial charge in [-0.2, -0.15) is 0 Å². The zero-order valence-electron chi connectivity index (χ0n) is 15.6. The molecular formula is C19H24Cl2N5O2+. The number of quaternary nitrogens is 1. The van der Waals surface area contributed by atoms with E-state index >= 15 is 0 Å². The van der Waals surface area contributed by atoms with Crippen molar-refractivity contribution in [2.75, 3.05) is 29.9 Å². The minimum absolute atomic E-state index is 0.182. The minimum atomic E-state index is -0.514. The van der Waals surface area contributed by atoms with Crippen molar-refractivity contribution in [3.63, 3.8) is 0 Å². The summed E-state index contributed by atoms with van der Waals surface area (Å²) >= 11 is 12.2. The number of nitrogens with zero attached hydrogens (tertiary/aromatic N) is 1. The van der Waals surface area contributed by atoms with Gasteiger partial charge in [0, 0.05) is 30.3 Å². The van der Waals surface area contributed by atoms with Gasteiger partial charge in [0.25, 0.3) is 5.91 Å². The van der Waals surface area contributed by atoms with Crippen molar-refractivity contribution in [1.82, 2.24) is 4.98 Å². The van der Waals surface area contributed by atoms with Gasteiger partial charge in [0.05, 0.1) is 28.0 Å². The zero-order chi connectivity index (χ0) is 20.4. The Balaban J connectivity index is 1.94. The average molecular weight is 425 g/mol. The Morgan fingerprint density at radius 3 is 2.71 bits per heavy atom. The Labute approximate surface area is 173 Å². The van der Waals surface area contributed by atoms with Crippen LogP contribution in [0.5, 0.6) is 0 Å². The summed E-state index contributed by atoms with van der Waals surface area (Å²) in [4.78, 5) is 29.5. The van der Waals surface area contributed by atoms with Crippen LogP contribution in [0.4, 0.5) is 11.4 Å². The lowest BCUT2D eigenvalue weighted by atomic mass is 9.97. The highest BCUT2D eigenvalue weighted by atomic mass is 35.5. The molecule has 0 bridgehead atoms. The molecule has 0 spiro atoms. The summed E-state index contributed by atoms with van der Waals surface area (Å²) in [5.41, 5.74) is 12.0. The van der Waals surface area contributed by atoms with Gasteiger partial charge in [0.1, 0.15) is 5.69 Å². The van der Waals surface area contributed by atoms with Crippen LogP contribution in [0.25, 0.3) is 0 Å². The summed E-state index contributed by atoms with van der Waals surface area (Å²) in [6.07, 6.45) is 2.14. The van der Waals surface area contributed by atoms with E-state index in [9.17, 15) is 9.59 Å². The van der Waals surface area contributed by atoms with Gasteiger partial charge in [-0.3, -0.25) is 9.59 Å². The van der Waals surface area contributed by atoms with E-state index in [0.717, 1.165) is 38.2 Å². The van der Waals surface area contributed by atoms with Crippen molar-refractivity contribution in [1.29, 1.82) is 0 Å². The van der Waals surface area contributed by atoms with Crippen molar-refractivity contribution in [3.05, 3.63) is 45.2 Å². The monoisotopic (exact) mass is 424 g/mol. The van der Waals surface area contributed by atoms with Crippen LogP contribution in [0.1, 0.15) is 39.4 Å². The first-order valence-electron chi connectivity index (χ1n) is 9.14. The summed E-state index contributed by atoms with van der Waals surface area (Å²) in [5.74, 6) is -0.452. The van der Waals surface area contributed by atoms with Crippen molar-refractivity contribution >= 4 is 46.4 Å². The largest absolute Gasteiger partial charge is 0.369 e. The first-order chi connectivity index (χ1) is 13.3. The van der Waals surface area contributed by atoms with Crippen LogP contribution >= 0.6 is 23.2 Å². The van der Waals surface area contributed by atoms with Crippen molar-refractivity contribution in [2.45, 2.75) is 19.8 Å². The molecule has 2 aromatic rings. The number of benzene rings is 1. The molecule has 2 amide bonds. The third-order valence-electron chi connectivity index (χ3n) is 5.08. The number of anilines is 2. The second-order valence-electron chi connectivity index (χ2n) is 7.05. The van der Waals surface area contributed by atoms with E-state index < -0.39 is 11.8 Å². The molecule has 0 aliphatic carbocycles. The molecule has 3 rings (SSSR count). The van der Waals surface area contributed by atoms with Gasteiger partial charge in [0.2, 0.25) is 5.91 Å². The predicted molar refractivity (Wildman–Crippen MR) is 111 cm³/mol. The van der Waals surface area contributed by atoms with Gasteiger partial charge >= 0.3 is 0 Å². The van der Waals surface area contributed by atoms with Gasteiger partial charge < -0.3 is 26.7 Å². The third kappa shape index (κ3) is 4.11. The Hall–Kier alpha value is -2.22. The molecule has 1 atom stereocenters. The van der Waals surface area contributed by atoms with Gasteiger partial charge in [-0.1, -0.05) is 23.2 Å². The second-order valence-corrected chi connectivity index (χ2v) is 7.80. The van der Waals surface area contributed by atoms with Gasteiger partial charge in [0.15, 0.2) is 0 Å². The molecule has 150 valence electrons. The number of hydrogen-bond acceptors (Lipinski definition) is 3. The topological polar surface area (TPSA) is 119 Å². The number of aromatic amines is 1. The molecule has 9 heteroatoms. The third-order valence-corrected chi connectivity index (χ3v) is 6.03. The fourth-order valence-corrected chi connectivity index (χ4v) is 3.90. The number of hydrogen-bond donors (Lipinski definition) is 4. The van der Waals surface area contributed by atoms with Gasteiger partial charge in [-0.15, -0.1) is 0 Å². The lowest BCUT2D eigenvalue weighted by Crippen LogP contribution is -2.56. The summed E-state index contributed by atoms with van der Waals surface area (Å²) < 4.78 is 0. The molecule has 7 nitrogen and oxygen atoms in total. The Bertz CT molecular complexity index is 912. The molecule has 1 aliphatic rings. The van der Waals surface area contributed by atoms with E-state index in [1.165, 1.54) is 0 Å². The standard InChI is InChI=1S/C19H23Cl2N5O2/c1-10-15(20)16(21)17(24-10)19(28)25-13-5-4-12(18(23)27)7-14(13)26-6-2-3-11(8-22)9-26/h4-5,7,11,24H,2-3,6,8-9,22H2,1H3,(H2,23,27)(H,25,28)/p+1. The van der Waals surface area contributed by atoms with E-state index in [1.807, 2.05) is 0 Å². The molecule has 2 heterocycles. The predicted octanol–water partition coefficient (Wildman–Crippen LogP) is 2.44. The fourth-order valence-electron chi connectivity index (χ4n) is 3.48. The molecule has 1 unspecified atom stereocenters. The van der Waals surface area contributed by atoms with E-state index in [1.54, 1.807) is 25.1 Å². The highest BCUT2D eigenvalue weighted by Crippen LogP contribution is 2.33. The SMILES string of the molecule is Cc1[nH]c(C(=O)Nc2ccc(C(N)=O)cc2N2CCCC(C[NH3+])C2)c(Cl)c1Cl. The number of aryl methyl sites for hydroxylation is 1. The number of amides is 2. The number of primary amides is 1. The maximum absolute atomic E-state index is 12.8. The van der Waals surface area contributed by atoms with Crippen LogP contribution in [0.3, 0.4) is 0 Å². The van der Waals surface area contributed by atoms with E-state index in [2.05, 4.69) is 20.9 Å². The number of halogens is 2. The Morgan fingerprint density at radius 1 is 1.36 bits per heavy atom. The molecule has 0 radical (unpaired) electrons. The minimum Gasteiger partial charge on any atom is -0.369 e. The van der Waals surface area contributed by atoms with Crippen molar-refractivity contribution < 1.29 is 15.3 Å². The molecule has 1 fully saturated rings. The number of carbonyl (C=O) groups excluding carboxylic acids is 2. The molecule has 28 heavy (non-hydrogen) atoms. The number of nitrogens with one attached hydrogen (secondary N) is 2. The molecule has 1 aliphatic heterocycles. The summed E-state index contributed by atoms with van der Waals surface area (Å²) in [6.45, 7) is 4.22. The average Bonchev–Trinajstić information content (AvgIpc) is 2.95. The Kier molecular flexibility index (Phi) is 6.17.